The molecule has 1 aromatic carbocycles. The number of benzene rings is 1. The van der Waals surface area contributed by atoms with E-state index in [0.29, 0.717) is 18.5 Å². The molecule has 0 aliphatic heterocycles. The number of hydrogen-bond acceptors (Lipinski definition) is 2. The van der Waals surface area contributed by atoms with Crippen molar-refractivity contribution in [1.29, 1.82) is 0 Å². The highest BCUT2D eigenvalue weighted by Gasteiger charge is 2.00. The molecule has 0 saturated heterocycles. The summed E-state index contributed by atoms with van der Waals surface area (Å²) in [6.45, 7) is 7.76. The lowest BCUT2D eigenvalue weighted by molar-refractivity contribution is 0.317. The van der Waals surface area contributed by atoms with Gasteiger partial charge in [-0.3, -0.25) is 4.99 Å². The van der Waals surface area contributed by atoms with Crippen LogP contribution in [0.1, 0.15) is 39.2 Å². The van der Waals surface area contributed by atoms with Gasteiger partial charge in [-0.1, -0.05) is 26.0 Å². The van der Waals surface area contributed by atoms with Crippen molar-refractivity contribution < 1.29 is 4.74 Å². The van der Waals surface area contributed by atoms with E-state index < -0.39 is 0 Å². The van der Waals surface area contributed by atoms with E-state index in [0.717, 1.165) is 31.6 Å². The summed E-state index contributed by atoms with van der Waals surface area (Å²) in [5.41, 5.74) is 7.05. The van der Waals surface area contributed by atoms with Crippen molar-refractivity contribution in [1.82, 2.24) is 5.32 Å². The highest BCUT2D eigenvalue weighted by atomic mass is 127. The molecule has 21 heavy (non-hydrogen) atoms. The van der Waals surface area contributed by atoms with Crippen molar-refractivity contribution in [2.75, 3.05) is 13.2 Å². The maximum absolute atomic E-state index is 5.82. The standard InChI is InChI=1S/C16H27N3O.HI/c1-4-11-20-15-8-6-7-14(12-15)9-10-18-16(17)19-13(3)5-2;/h6-8,12-13H,4-5,9-11H2,1-3H3,(H3,17,18,19);1H. The minimum atomic E-state index is 0. The van der Waals surface area contributed by atoms with Crippen molar-refractivity contribution in [2.24, 2.45) is 10.7 Å². The van der Waals surface area contributed by atoms with Crippen molar-refractivity contribution >= 4 is 29.9 Å². The Hall–Kier alpha value is -0.980. The molecule has 5 heteroatoms. The van der Waals surface area contributed by atoms with Crippen LogP contribution in [0.4, 0.5) is 0 Å². The number of aliphatic imine (C=N–C) groups is 1. The number of rotatable bonds is 8. The molecule has 3 N–H and O–H groups in total. The second-order valence-electron chi connectivity index (χ2n) is 4.97. The van der Waals surface area contributed by atoms with Gasteiger partial charge >= 0.3 is 0 Å². The molecule has 0 aliphatic carbocycles. The first-order valence-electron chi connectivity index (χ1n) is 7.43. The lowest BCUT2D eigenvalue weighted by Crippen LogP contribution is -2.38. The Morgan fingerprint density at radius 3 is 2.81 bits per heavy atom. The summed E-state index contributed by atoms with van der Waals surface area (Å²) in [6.07, 6.45) is 2.92. The fourth-order valence-corrected chi connectivity index (χ4v) is 1.72. The smallest absolute Gasteiger partial charge is 0.188 e. The van der Waals surface area contributed by atoms with Gasteiger partial charge in [0.2, 0.25) is 0 Å². The van der Waals surface area contributed by atoms with E-state index in [1.807, 2.05) is 12.1 Å². The van der Waals surface area contributed by atoms with Gasteiger partial charge in [-0.15, -0.1) is 24.0 Å². The molecule has 1 rings (SSSR count). The van der Waals surface area contributed by atoms with Crippen LogP contribution >= 0.6 is 24.0 Å². The summed E-state index contributed by atoms with van der Waals surface area (Å²) >= 11 is 0. The molecule has 0 aromatic heterocycles. The van der Waals surface area contributed by atoms with Gasteiger partial charge in [0.15, 0.2) is 5.96 Å². The summed E-state index contributed by atoms with van der Waals surface area (Å²) in [5.74, 6) is 1.46. The zero-order valence-corrected chi connectivity index (χ0v) is 15.6. The maximum Gasteiger partial charge on any atom is 0.188 e. The lowest BCUT2D eigenvalue weighted by Gasteiger charge is -2.11. The number of halogens is 1. The van der Waals surface area contributed by atoms with E-state index in [1.54, 1.807) is 0 Å². The second-order valence-corrected chi connectivity index (χ2v) is 4.97. The quantitative estimate of drug-likeness (QED) is 0.396. The third-order valence-electron chi connectivity index (χ3n) is 3.06. The lowest BCUT2D eigenvalue weighted by atomic mass is 10.1. The van der Waals surface area contributed by atoms with Crippen molar-refractivity contribution in [3.05, 3.63) is 29.8 Å². The van der Waals surface area contributed by atoms with Crippen LogP contribution in [-0.2, 0) is 6.42 Å². The summed E-state index contributed by atoms with van der Waals surface area (Å²) in [7, 11) is 0. The summed E-state index contributed by atoms with van der Waals surface area (Å²) < 4.78 is 5.62. The van der Waals surface area contributed by atoms with E-state index in [2.05, 4.69) is 43.2 Å². The first-order valence-corrected chi connectivity index (χ1v) is 7.43. The van der Waals surface area contributed by atoms with Crippen molar-refractivity contribution in [2.45, 2.75) is 46.1 Å². The fraction of sp³-hybridized carbons (Fsp3) is 0.562. The maximum atomic E-state index is 5.82. The van der Waals surface area contributed by atoms with Gasteiger partial charge in [0.05, 0.1) is 6.61 Å². The van der Waals surface area contributed by atoms with Crippen molar-refractivity contribution in [3.63, 3.8) is 0 Å². The number of hydrogen-bond donors (Lipinski definition) is 2. The van der Waals surface area contributed by atoms with E-state index in [1.165, 1.54) is 5.56 Å². The van der Waals surface area contributed by atoms with Gasteiger partial charge in [0, 0.05) is 12.6 Å². The summed E-state index contributed by atoms with van der Waals surface area (Å²) in [4.78, 5) is 4.34. The van der Waals surface area contributed by atoms with Crippen LogP contribution < -0.4 is 15.8 Å². The molecule has 0 radical (unpaired) electrons. The average molecular weight is 405 g/mol. The Kier molecular flexibility index (Phi) is 11.1. The van der Waals surface area contributed by atoms with Gasteiger partial charge < -0.3 is 15.8 Å². The first-order chi connectivity index (χ1) is 9.65. The number of guanidine groups is 1. The molecule has 1 aromatic rings. The molecule has 0 heterocycles. The van der Waals surface area contributed by atoms with E-state index in [4.69, 9.17) is 10.5 Å². The van der Waals surface area contributed by atoms with E-state index >= 15 is 0 Å². The minimum Gasteiger partial charge on any atom is -0.494 e. The number of nitrogens with two attached hydrogens (primary N) is 1. The van der Waals surface area contributed by atoms with Crippen LogP contribution in [0.3, 0.4) is 0 Å². The van der Waals surface area contributed by atoms with E-state index in [9.17, 15) is 0 Å². The molecule has 4 nitrogen and oxygen atoms in total. The van der Waals surface area contributed by atoms with Gasteiger partial charge in [-0.2, -0.15) is 0 Å². The first kappa shape index (κ1) is 20.0. The van der Waals surface area contributed by atoms with Gasteiger partial charge in [0.25, 0.3) is 0 Å². The van der Waals surface area contributed by atoms with Crippen LogP contribution in [0.15, 0.2) is 29.3 Å². The number of nitrogens with one attached hydrogen (secondary N) is 1. The topological polar surface area (TPSA) is 59.6 Å². The van der Waals surface area contributed by atoms with Crippen molar-refractivity contribution in [3.8, 4) is 5.75 Å². The number of ether oxygens (including phenoxy) is 1. The van der Waals surface area contributed by atoms with Crippen LogP contribution in [0.5, 0.6) is 5.75 Å². The largest absolute Gasteiger partial charge is 0.494 e. The Labute approximate surface area is 145 Å². The highest BCUT2D eigenvalue weighted by Crippen LogP contribution is 2.14. The third kappa shape index (κ3) is 8.80. The fourth-order valence-electron chi connectivity index (χ4n) is 1.72. The van der Waals surface area contributed by atoms with Crippen LogP contribution in [0.2, 0.25) is 0 Å². The third-order valence-corrected chi connectivity index (χ3v) is 3.06. The molecule has 120 valence electrons. The zero-order valence-electron chi connectivity index (χ0n) is 13.3. The molecule has 0 spiro atoms. The van der Waals surface area contributed by atoms with Gasteiger partial charge in [0.1, 0.15) is 5.75 Å². The summed E-state index contributed by atoms with van der Waals surface area (Å²) in [5, 5.41) is 3.16. The molecule has 1 atom stereocenters. The van der Waals surface area contributed by atoms with Gasteiger partial charge in [-0.25, -0.2) is 0 Å². The predicted molar refractivity (Wildman–Crippen MR) is 101 cm³/mol. The van der Waals surface area contributed by atoms with E-state index in [-0.39, 0.29) is 24.0 Å². The predicted octanol–water partition coefficient (Wildman–Crippen LogP) is 3.34. The molecular formula is C16H28IN3O. The molecular weight excluding hydrogens is 377 g/mol. The molecule has 1 unspecified atom stereocenters. The minimum absolute atomic E-state index is 0. The SMILES string of the molecule is CCCOc1cccc(CCN=C(N)NC(C)CC)c1.I. The number of nitrogens with zero attached hydrogens (tertiary/aromatic N) is 1. The summed E-state index contributed by atoms with van der Waals surface area (Å²) in [6, 6.07) is 8.53. The zero-order chi connectivity index (χ0) is 14.8. The molecule has 0 fully saturated rings. The molecule has 0 saturated carbocycles. The van der Waals surface area contributed by atoms with Crippen LogP contribution in [-0.4, -0.2) is 25.2 Å². The Bertz CT molecular complexity index is 424. The highest BCUT2D eigenvalue weighted by molar-refractivity contribution is 14.0. The molecule has 0 bridgehead atoms. The Morgan fingerprint density at radius 2 is 2.14 bits per heavy atom. The monoisotopic (exact) mass is 405 g/mol. The van der Waals surface area contributed by atoms with Gasteiger partial charge in [-0.05, 0) is 43.9 Å². The van der Waals surface area contributed by atoms with Crippen LogP contribution in [0, 0.1) is 0 Å². The molecule has 0 aliphatic rings. The Morgan fingerprint density at radius 1 is 1.38 bits per heavy atom. The Balaban J connectivity index is 0.00000400. The van der Waals surface area contributed by atoms with Crippen LogP contribution in [0.25, 0.3) is 0 Å². The molecule has 0 amide bonds. The second kappa shape index (κ2) is 11.7. The average Bonchev–Trinajstić information content (AvgIpc) is 2.45. The normalized spacial score (nSPS) is 12.4.